The molecule has 21 heavy (non-hydrogen) atoms. The molecular weight excluding hydrogens is 264 g/mol. The number of hydrogen-bond acceptors (Lipinski definition) is 4. The van der Waals surface area contributed by atoms with Crippen LogP contribution in [0.3, 0.4) is 0 Å². The highest BCUT2D eigenvalue weighted by Gasteiger charge is 2.46. The Hall–Kier alpha value is -2.22. The Morgan fingerprint density at radius 2 is 2.33 bits per heavy atom. The minimum absolute atomic E-state index is 0.0138. The van der Waals surface area contributed by atoms with Gasteiger partial charge in [0.05, 0.1) is 12.1 Å². The highest BCUT2D eigenvalue weighted by Crippen LogP contribution is 2.37. The molecule has 4 rings (SSSR count). The Kier molecular flexibility index (Phi) is 2.78. The van der Waals surface area contributed by atoms with E-state index in [4.69, 9.17) is 0 Å². The number of amides is 1. The van der Waals surface area contributed by atoms with Crippen LogP contribution in [0.25, 0.3) is 0 Å². The summed E-state index contributed by atoms with van der Waals surface area (Å²) < 4.78 is 0. The third-order valence-electron chi connectivity index (χ3n) is 5.05. The molecule has 0 radical (unpaired) electrons. The smallest absolute Gasteiger partial charge is 0.251 e. The standard InChI is InChI=1S/C16H18N4O/c17-9-20-12-2-4-15(20)14(8-12)19-16(21)11-1-3-13-10(7-11)5-6-18-13/h1,3,7,12,14-15,18H,2,4-6,8H2,(H,19,21). The Balaban J connectivity index is 1.48. The zero-order valence-corrected chi connectivity index (χ0v) is 11.8. The quantitative estimate of drug-likeness (QED) is 0.806. The Morgan fingerprint density at radius 1 is 1.43 bits per heavy atom. The van der Waals surface area contributed by atoms with E-state index in [2.05, 4.69) is 16.8 Å². The summed E-state index contributed by atoms with van der Waals surface area (Å²) in [6.45, 7) is 0.948. The summed E-state index contributed by atoms with van der Waals surface area (Å²) in [4.78, 5) is 14.3. The first-order chi connectivity index (χ1) is 10.3. The summed E-state index contributed by atoms with van der Waals surface area (Å²) in [6, 6.07) is 6.48. The molecule has 3 heterocycles. The highest BCUT2D eigenvalue weighted by molar-refractivity contribution is 5.95. The SMILES string of the molecule is N#CN1C2CCC1C(NC(=O)c1ccc3c(c1)CCN3)C2. The fraction of sp³-hybridized carbons (Fsp3) is 0.500. The summed E-state index contributed by atoms with van der Waals surface area (Å²) >= 11 is 0. The monoisotopic (exact) mass is 282 g/mol. The van der Waals surface area contributed by atoms with E-state index >= 15 is 0 Å². The van der Waals surface area contributed by atoms with E-state index in [0.29, 0.717) is 6.04 Å². The molecule has 2 N–H and O–H groups in total. The molecule has 5 heteroatoms. The molecule has 2 fully saturated rings. The number of benzene rings is 1. The number of anilines is 1. The number of hydrogen-bond donors (Lipinski definition) is 2. The summed E-state index contributed by atoms with van der Waals surface area (Å²) in [5, 5.41) is 15.6. The molecule has 1 amide bonds. The number of nitriles is 1. The third-order valence-corrected chi connectivity index (χ3v) is 5.05. The van der Waals surface area contributed by atoms with Crippen LogP contribution in [-0.2, 0) is 6.42 Å². The van der Waals surface area contributed by atoms with Crippen molar-refractivity contribution >= 4 is 11.6 Å². The van der Waals surface area contributed by atoms with E-state index in [0.717, 1.165) is 43.5 Å². The van der Waals surface area contributed by atoms with Gasteiger partial charge in [0, 0.05) is 23.8 Å². The van der Waals surface area contributed by atoms with Crippen LogP contribution in [0.4, 0.5) is 5.69 Å². The van der Waals surface area contributed by atoms with Gasteiger partial charge in [0.2, 0.25) is 0 Å². The van der Waals surface area contributed by atoms with E-state index in [9.17, 15) is 10.1 Å². The largest absolute Gasteiger partial charge is 0.384 e. The van der Waals surface area contributed by atoms with Crippen molar-refractivity contribution in [2.24, 2.45) is 0 Å². The van der Waals surface area contributed by atoms with E-state index in [1.807, 2.05) is 23.1 Å². The normalized spacial score (nSPS) is 28.9. The van der Waals surface area contributed by atoms with Crippen LogP contribution >= 0.6 is 0 Å². The third kappa shape index (κ3) is 1.94. The summed E-state index contributed by atoms with van der Waals surface area (Å²) in [7, 11) is 0. The fourth-order valence-corrected chi connectivity index (χ4v) is 4.00. The molecule has 3 unspecified atom stereocenters. The molecule has 1 aromatic rings. The van der Waals surface area contributed by atoms with Gasteiger partial charge in [-0.05, 0) is 49.4 Å². The molecule has 0 aromatic heterocycles. The number of nitrogens with zero attached hydrogens (tertiary/aromatic N) is 2. The Bertz CT molecular complexity index is 636. The summed E-state index contributed by atoms with van der Waals surface area (Å²) in [6.07, 6.45) is 6.24. The molecule has 3 aliphatic rings. The van der Waals surface area contributed by atoms with E-state index in [1.165, 1.54) is 5.56 Å². The predicted molar refractivity (Wildman–Crippen MR) is 78.8 cm³/mol. The van der Waals surface area contributed by atoms with Gasteiger partial charge in [0.1, 0.15) is 0 Å². The van der Waals surface area contributed by atoms with Crippen LogP contribution in [0.5, 0.6) is 0 Å². The van der Waals surface area contributed by atoms with E-state index < -0.39 is 0 Å². The molecule has 108 valence electrons. The molecule has 0 spiro atoms. The maximum Gasteiger partial charge on any atom is 0.251 e. The Labute approximate surface area is 123 Å². The molecule has 2 saturated heterocycles. The molecule has 3 aliphatic heterocycles. The van der Waals surface area contributed by atoms with Gasteiger partial charge in [-0.15, -0.1) is 0 Å². The maximum atomic E-state index is 12.4. The van der Waals surface area contributed by atoms with Crippen LogP contribution < -0.4 is 10.6 Å². The van der Waals surface area contributed by atoms with Crippen LogP contribution in [-0.4, -0.2) is 35.5 Å². The lowest BCUT2D eigenvalue weighted by atomic mass is 9.95. The van der Waals surface area contributed by atoms with Crippen molar-refractivity contribution in [2.45, 2.75) is 43.8 Å². The van der Waals surface area contributed by atoms with Gasteiger partial charge in [0.25, 0.3) is 5.91 Å². The lowest BCUT2D eigenvalue weighted by molar-refractivity contribution is 0.0928. The minimum Gasteiger partial charge on any atom is -0.384 e. The minimum atomic E-state index is -0.0138. The summed E-state index contributed by atoms with van der Waals surface area (Å²) in [5.41, 5.74) is 3.08. The van der Waals surface area contributed by atoms with Gasteiger partial charge in [-0.2, -0.15) is 5.26 Å². The Morgan fingerprint density at radius 3 is 3.14 bits per heavy atom. The lowest BCUT2D eigenvalue weighted by Gasteiger charge is -2.22. The van der Waals surface area contributed by atoms with Crippen LogP contribution in [0, 0.1) is 11.5 Å². The number of fused-ring (bicyclic) bond motifs is 3. The second-order valence-electron chi connectivity index (χ2n) is 6.17. The van der Waals surface area contributed by atoms with Gasteiger partial charge in [0.15, 0.2) is 6.19 Å². The molecule has 1 aromatic carbocycles. The fourth-order valence-electron chi connectivity index (χ4n) is 4.00. The van der Waals surface area contributed by atoms with Crippen molar-refractivity contribution in [1.82, 2.24) is 10.2 Å². The maximum absolute atomic E-state index is 12.4. The van der Waals surface area contributed by atoms with Crippen molar-refractivity contribution in [3.8, 4) is 6.19 Å². The first-order valence-corrected chi connectivity index (χ1v) is 7.62. The van der Waals surface area contributed by atoms with Gasteiger partial charge in [-0.25, -0.2) is 0 Å². The molecule has 2 bridgehead atoms. The second-order valence-corrected chi connectivity index (χ2v) is 6.17. The van der Waals surface area contributed by atoms with Crippen LogP contribution in [0.2, 0.25) is 0 Å². The average molecular weight is 282 g/mol. The topological polar surface area (TPSA) is 68.2 Å². The number of carbonyl (C=O) groups is 1. The lowest BCUT2D eigenvalue weighted by Crippen LogP contribution is -2.43. The van der Waals surface area contributed by atoms with Gasteiger partial charge in [-0.3, -0.25) is 4.79 Å². The van der Waals surface area contributed by atoms with Gasteiger partial charge < -0.3 is 15.5 Å². The number of carbonyl (C=O) groups excluding carboxylic acids is 1. The zero-order valence-electron chi connectivity index (χ0n) is 11.8. The van der Waals surface area contributed by atoms with Crippen molar-refractivity contribution in [2.75, 3.05) is 11.9 Å². The van der Waals surface area contributed by atoms with Crippen LogP contribution in [0.15, 0.2) is 18.2 Å². The van der Waals surface area contributed by atoms with Crippen LogP contribution in [0.1, 0.15) is 35.2 Å². The summed E-state index contributed by atoms with van der Waals surface area (Å²) in [5.74, 6) is -0.0138. The predicted octanol–water partition coefficient (Wildman–Crippen LogP) is 1.47. The first kappa shape index (κ1) is 12.5. The zero-order chi connectivity index (χ0) is 14.4. The van der Waals surface area contributed by atoms with E-state index in [1.54, 1.807) is 0 Å². The van der Waals surface area contributed by atoms with Gasteiger partial charge >= 0.3 is 0 Å². The van der Waals surface area contributed by atoms with Crippen molar-refractivity contribution < 1.29 is 4.79 Å². The average Bonchev–Trinajstić information content (AvgIpc) is 3.19. The molecule has 0 aliphatic carbocycles. The highest BCUT2D eigenvalue weighted by atomic mass is 16.1. The van der Waals surface area contributed by atoms with Crippen molar-refractivity contribution in [3.05, 3.63) is 29.3 Å². The molecule has 3 atom stereocenters. The number of rotatable bonds is 2. The molecular formula is C16H18N4O. The first-order valence-electron chi connectivity index (χ1n) is 7.62. The second kappa shape index (κ2) is 4.66. The molecule has 0 saturated carbocycles. The molecule has 5 nitrogen and oxygen atoms in total. The van der Waals surface area contributed by atoms with Crippen molar-refractivity contribution in [1.29, 1.82) is 5.26 Å². The van der Waals surface area contributed by atoms with E-state index in [-0.39, 0.29) is 18.0 Å². The van der Waals surface area contributed by atoms with Gasteiger partial charge in [-0.1, -0.05) is 0 Å². The number of nitrogens with one attached hydrogen (secondary N) is 2. The van der Waals surface area contributed by atoms with Crippen molar-refractivity contribution in [3.63, 3.8) is 0 Å².